The van der Waals surface area contributed by atoms with Gasteiger partial charge in [0.15, 0.2) is 0 Å². The molecule has 3 rings (SSSR count). The van der Waals surface area contributed by atoms with E-state index in [-0.39, 0.29) is 6.42 Å². The number of furan rings is 1. The smallest absolute Gasteiger partial charge is 0.221 e. The highest BCUT2D eigenvalue weighted by molar-refractivity contribution is 6.05. The van der Waals surface area contributed by atoms with Crippen molar-refractivity contribution in [1.29, 1.82) is 0 Å². The quantitative estimate of drug-likeness (QED) is 0.782. The van der Waals surface area contributed by atoms with Crippen LogP contribution in [0.5, 0.6) is 5.75 Å². The SMILES string of the molecule is COc1cc2c(cc1CC(N)=O)oc1ccccc12. The molecule has 1 amide bonds. The van der Waals surface area contributed by atoms with Crippen molar-refractivity contribution in [2.75, 3.05) is 7.11 Å². The van der Waals surface area contributed by atoms with Gasteiger partial charge in [-0.1, -0.05) is 18.2 Å². The summed E-state index contributed by atoms with van der Waals surface area (Å²) in [4.78, 5) is 11.1. The molecule has 0 aliphatic carbocycles. The molecule has 2 N–H and O–H groups in total. The molecule has 0 aliphatic heterocycles. The maximum absolute atomic E-state index is 11.1. The van der Waals surface area contributed by atoms with Gasteiger partial charge in [-0.05, 0) is 18.2 Å². The second-order valence-electron chi connectivity index (χ2n) is 4.40. The Balaban J connectivity index is 2.29. The summed E-state index contributed by atoms with van der Waals surface area (Å²) in [5.74, 6) is 0.256. The molecule has 0 saturated heterocycles. The fourth-order valence-corrected chi connectivity index (χ4v) is 2.31. The fraction of sp³-hybridized carbons (Fsp3) is 0.133. The lowest BCUT2D eigenvalue weighted by Crippen LogP contribution is -2.14. The van der Waals surface area contributed by atoms with E-state index >= 15 is 0 Å². The summed E-state index contributed by atoms with van der Waals surface area (Å²) in [6, 6.07) is 11.5. The Morgan fingerprint density at radius 2 is 2.00 bits per heavy atom. The van der Waals surface area contributed by atoms with Crippen molar-refractivity contribution in [2.45, 2.75) is 6.42 Å². The van der Waals surface area contributed by atoms with Gasteiger partial charge in [-0.15, -0.1) is 0 Å². The number of primary amides is 1. The summed E-state index contributed by atoms with van der Waals surface area (Å²) < 4.78 is 11.1. The predicted octanol–water partition coefficient (Wildman–Crippen LogP) is 2.62. The van der Waals surface area contributed by atoms with Gasteiger partial charge in [0.25, 0.3) is 0 Å². The number of rotatable bonds is 3. The maximum Gasteiger partial charge on any atom is 0.221 e. The third-order valence-corrected chi connectivity index (χ3v) is 3.14. The molecule has 1 aromatic heterocycles. The second-order valence-corrected chi connectivity index (χ2v) is 4.40. The lowest BCUT2D eigenvalue weighted by molar-refractivity contribution is -0.117. The molecule has 0 atom stereocenters. The van der Waals surface area contributed by atoms with Crippen LogP contribution >= 0.6 is 0 Å². The van der Waals surface area contributed by atoms with Crippen molar-refractivity contribution in [3.63, 3.8) is 0 Å². The van der Waals surface area contributed by atoms with Crippen molar-refractivity contribution in [3.05, 3.63) is 42.0 Å². The van der Waals surface area contributed by atoms with Gasteiger partial charge < -0.3 is 14.9 Å². The van der Waals surface area contributed by atoms with Gasteiger partial charge in [0.05, 0.1) is 13.5 Å². The van der Waals surface area contributed by atoms with Crippen molar-refractivity contribution in [3.8, 4) is 5.75 Å². The Bertz CT molecular complexity index is 774. The molecule has 3 aromatic rings. The first-order valence-corrected chi connectivity index (χ1v) is 5.95. The number of benzene rings is 2. The Morgan fingerprint density at radius 1 is 1.21 bits per heavy atom. The molecule has 0 unspecified atom stereocenters. The van der Waals surface area contributed by atoms with Crippen LogP contribution in [0, 0.1) is 0 Å². The first-order valence-electron chi connectivity index (χ1n) is 5.95. The fourth-order valence-electron chi connectivity index (χ4n) is 2.31. The molecule has 0 spiro atoms. The summed E-state index contributed by atoms with van der Waals surface area (Å²) in [5, 5.41) is 2.00. The van der Waals surface area contributed by atoms with Crippen molar-refractivity contribution in [2.24, 2.45) is 5.73 Å². The number of para-hydroxylation sites is 1. The number of hydrogen-bond donors (Lipinski definition) is 1. The first-order chi connectivity index (χ1) is 9.19. The minimum atomic E-state index is -0.395. The van der Waals surface area contributed by atoms with Crippen LogP contribution in [0.4, 0.5) is 0 Å². The molecule has 0 aliphatic rings. The molecular formula is C15H13NO3. The maximum atomic E-state index is 11.1. The van der Waals surface area contributed by atoms with Gasteiger partial charge in [0, 0.05) is 16.3 Å². The predicted molar refractivity (Wildman–Crippen MR) is 73.2 cm³/mol. The van der Waals surface area contributed by atoms with Crippen LogP contribution in [0.15, 0.2) is 40.8 Å². The summed E-state index contributed by atoms with van der Waals surface area (Å²) in [5.41, 5.74) is 7.53. The molecule has 2 aromatic carbocycles. The monoisotopic (exact) mass is 255 g/mol. The van der Waals surface area contributed by atoms with E-state index in [0.717, 1.165) is 27.5 Å². The van der Waals surface area contributed by atoms with Crippen LogP contribution in [0.2, 0.25) is 0 Å². The largest absolute Gasteiger partial charge is 0.496 e. The lowest BCUT2D eigenvalue weighted by Gasteiger charge is -2.06. The third-order valence-electron chi connectivity index (χ3n) is 3.14. The zero-order valence-corrected chi connectivity index (χ0v) is 10.5. The standard InChI is InChI=1S/C15H13NO3/c1-18-13-8-11-10-4-2-3-5-12(10)19-14(11)6-9(13)7-15(16)17/h2-6,8H,7H2,1H3,(H2,16,17). The van der Waals surface area contributed by atoms with Crippen molar-refractivity contribution in [1.82, 2.24) is 0 Å². The highest BCUT2D eigenvalue weighted by atomic mass is 16.5. The van der Waals surface area contributed by atoms with Gasteiger partial charge in [0.1, 0.15) is 16.9 Å². The zero-order chi connectivity index (χ0) is 13.4. The van der Waals surface area contributed by atoms with Gasteiger partial charge >= 0.3 is 0 Å². The van der Waals surface area contributed by atoms with Crippen LogP contribution in [0.1, 0.15) is 5.56 Å². The van der Waals surface area contributed by atoms with Crippen LogP contribution in [-0.2, 0) is 11.2 Å². The zero-order valence-electron chi connectivity index (χ0n) is 10.5. The number of amides is 1. The highest BCUT2D eigenvalue weighted by Crippen LogP contribution is 2.33. The molecule has 4 heteroatoms. The van der Waals surface area contributed by atoms with Gasteiger partial charge in [-0.25, -0.2) is 0 Å². The highest BCUT2D eigenvalue weighted by Gasteiger charge is 2.13. The molecular weight excluding hydrogens is 242 g/mol. The van der Waals surface area contributed by atoms with E-state index < -0.39 is 5.91 Å². The van der Waals surface area contributed by atoms with Crippen LogP contribution in [-0.4, -0.2) is 13.0 Å². The minimum Gasteiger partial charge on any atom is -0.496 e. The second kappa shape index (κ2) is 4.31. The summed E-state index contributed by atoms with van der Waals surface area (Å²) in [6.45, 7) is 0. The van der Waals surface area contributed by atoms with Gasteiger partial charge in [-0.3, -0.25) is 4.79 Å². The summed E-state index contributed by atoms with van der Waals surface area (Å²) in [7, 11) is 1.58. The topological polar surface area (TPSA) is 65.5 Å². The van der Waals surface area contributed by atoms with E-state index in [1.807, 2.05) is 36.4 Å². The average molecular weight is 255 g/mol. The van der Waals surface area contributed by atoms with Crippen molar-refractivity contribution < 1.29 is 13.9 Å². The molecule has 0 fully saturated rings. The molecule has 4 nitrogen and oxygen atoms in total. The van der Waals surface area contributed by atoms with E-state index in [1.54, 1.807) is 7.11 Å². The van der Waals surface area contributed by atoms with Crippen LogP contribution in [0.3, 0.4) is 0 Å². The number of carbonyl (C=O) groups is 1. The number of nitrogens with two attached hydrogens (primary N) is 1. The van der Waals surface area contributed by atoms with E-state index in [0.29, 0.717) is 5.75 Å². The minimum absolute atomic E-state index is 0.135. The number of methoxy groups -OCH3 is 1. The molecule has 0 bridgehead atoms. The third kappa shape index (κ3) is 1.91. The Labute approximate surface area is 109 Å². The number of fused-ring (bicyclic) bond motifs is 3. The van der Waals surface area contributed by atoms with Crippen LogP contribution in [0.25, 0.3) is 21.9 Å². The van der Waals surface area contributed by atoms with Crippen molar-refractivity contribution >= 4 is 27.8 Å². The van der Waals surface area contributed by atoms with Gasteiger partial charge in [0.2, 0.25) is 5.91 Å². The summed E-state index contributed by atoms with van der Waals surface area (Å²) in [6.07, 6.45) is 0.135. The number of carbonyl (C=O) groups excluding carboxylic acids is 1. The van der Waals surface area contributed by atoms with Gasteiger partial charge in [-0.2, -0.15) is 0 Å². The van der Waals surface area contributed by atoms with Crippen LogP contribution < -0.4 is 10.5 Å². The molecule has 19 heavy (non-hydrogen) atoms. The van der Waals surface area contributed by atoms with E-state index in [1.165, 1.54) is 0 Å². The Morgan fingerprint density at radius 3 is 2.74 bits per heavy atom. The average Bonchev–Trinajstić information content (AvgIpc) is 2.74. The number of ether oxygens (including phenoxy) is 1. The Kier molecular flexibility index (Phi) is 2.63. The van der Waals surface area contributed by atoms with E-state index in [4.69, 9.17) is 14.9 Å². The number of hydrogen-bond acceptors (Lipinski definition) is 3. The van der Waals surface area contributed by atoms with E-state index in [2.05, 4.69) is 0 Å². The Hall–Kier alpha value is -2.49. The van der Waals surface area contributed by atoms with E-state index in [9.17, 15) is 4.79 Å². The normalized spacial score (nSPS) is 11.0. The molecule has 1 heterocycles. The first kappa shape index (κ1) is 11.6. The molecule has 0 saturated carbocycles. The molecule has 96 valence electrons. The lowest BCUT2D eigenvalue weighted by atomic mass is 10.1. The molecule has 0 radical (unpaired) electrons. The summed E-state index contributed by atoms with van der Waals surface area (Å²) >= 11 is 0.